The van der Waals surface area contributed by atoms with Gasteiger partial charge in [-0.25, -0.2) is 9.97 Å². The summed E-state index contributed by atoms with van der Waals surface area (Å²) in [5.41, 5.74) is 4.42. The third-order valence-corrected chi connectivity index (χ3v) is 2.96. The minimum absolute atomic E-state index is 0.649. The van der Waals surface area contributed by atoms with Gasteiger partial charge >= 0.3 is 0 Å². The third kappa shape index (κ3) is 1.54. The molecule has 0 unspecified atom stereocenters. The van der Waals surface area contributed by atoms with Crippen LogP contribution in [-0.4, -0.2) is 15.0 Å². The fourth-order valence-electron chi connectivity index (χ4n) is 2.10. The Morgan fingerprint density at radius 3 is 3.00 bits per heavy atom. The van der Waals surface area contributed by atoms with Crippen molar-refractivity contribution in [2.24, 2.45) is 0 Å². The van der Waals surface area contributed by atoms with Crippen LogP contribution in [0.25, 0.3) is 22.2 Å². The molecule has 0 atom stereocenters. The summed E-state index contributed by atoms with van der Waals surface area (Å²) in [5, 5.41) is 9.95. The van der Waals surface area contributed by atoms with Gasteiger partial charge in [-0.15, -0.1) is 0 Å². The van der Waals surface area contributed by atoms with Crippen LogP contribution in [0, 0.1) is 18.3 Å². The molecular formula is C14H10N4. The quantitative estimate of drug-likeness (QED) is 0.704. The van der Waals surface area contributed by atoms with Gasteiger partial charge in [-0.1, -0.05) is 12.1 Å². The summed E-state index contributed by atoms with van der Waals surface area (Å²) in [7, 11) is 0. The van der Waals surface area contributed by atoms with E-state index in [9.17, 15) is 0 Å². The highest BCUT2D eigenvalue weighted by atomic mass is 14.9. The number of aryl methyl sites for hydroxylation is 1. The largest absolute Gasteiger partial charge is 0.345 e. The summed E-state index contributed by atoms with van der Waals surface area (Å²) < 4.78 is 0. The van der Waals surface area contributed by atoms with Crippen molar-refractivity contribution in [3.63, 3.8) is 0 Å². The van der Waals surface area contributed by atoms with Crippen LogP contribution in [0.4, 0.5) is 0 Å². The molecule has 1 N–H and O–H groups in total. The molecule has 0 aliphatic heterocycles. The van der Waals surface area contributed by atoms with Crippen molar-refractivity contribution in [1.29, 1.82) is 5.26 Å². The highest BCUT2D eigenvalue weighted by Gasteiger charge is 2.10. The molecule has 3 rings (SSSR count). The number of hydrogen-bond acceptors (Lipinski definition) is 3. The Kier molecular flexibility index (Phi) is 2.31. The molecule has 4 nitrogen and oxygen atoms in total. The minimum Gasteiger partial charge on any atom is -0.345 e. The van der Waals surface area contributed by atoms with Crippen LogP contribution in [0.2, 0.25) is 0 Å². The number of hydrogen-bond donors (Lipinski definition) is 1. The van der Waals surface area contributed by atoms with Crippen LogP contribution in [0.1, 0.15) is 11.3 Å². The van der Waals surface area contributed by atoms with E-state index >= 15 is 0 Å². The summed E-state index contributed by atoms with van der Waals surface area (Å²) in [4.78, 5) is 11.5. The van der Waals surface area contributed by atoms with E-state index in [-0.39, 0.29) is 0 Å². The highest BCUT2D eigenvalue weighted by molar-refractivity contribution is 5.95. The van der Waals surface area contributed by atoms with Gasteiger partial charge in [0.05, 0.1) is 17.3 Å². The summed E-state index contributed by atoms with van der Waals surface area (Å²) in [6, 6.07) is 9.68. The Morgan fingerprint density at radius 2 is 2.17 bits per heavy atom. The number of nitrogens with zero attached hydrogens (tertiary/aromatic N) is 3. The lowest BCUT2D eigenvalue weighted by molar-refractivity contribution is 1.14. The molecule has 86 valence electrons. The van der Waals surface area contributed by atoms with Crippen molar-refractivity contribution < 1.29 is 0 Å². The van der Waals surface area contributed by atoms with Crippen LogP contribution < -0.4 is 0 Å². The number of nitriles is 1. The van der Waals surface area contributed by atoms with E-state index in [1.54, 1.807) is 12.4 Å². The maximum atomic E-state index is 8.94. The third-order valence-electron chi connectivity index (χ3n) is 2.96. The van der Waals surface area contributed by atoms with Crippen LogP contribution in [-0.2, 0) is 0 Å². The van der Waals surface area contributed by atoms with E-state index in [4.69, 9.17) is 5.26 Å². The zero-order valence-electron chi connectivity index (χ0n) is 9.81. The molecule has 0 amide bonds. The Labute approximate surface area is 104 Å². The Hall–Kier alpha value is -2.67. The standard InChI is InChI=1S/C14H10N4/c1-9-13-12(7-16-14(13)18-8-17-9)11-4-2-3-10(5-11)6-15/h2-5,7-8H,1H3,(H,16,17,18). The molecule has 0 bridgehead atoms. The first-order valence-corrected chi connectivity index (χ1v) is 5.59. The van der Waals surface area contributed by atoms with Crippen molar-refractivity contribution >= 4 is 11.0 Å². The van der Waals surface area contributed by atoms with E-state index in [0.717, 1.165) is 27.9 Å². The van der Waals surface area contributed by atoms with Gasteiger partial charge in [-0.3, -0.25) is 0 Å². The first-order valence-electron chi connectivity index (χ1n) is 5.59. The van der Waals surface area contributed by atoms with Crippen LogP contribution in [0.5, 0.6) is 0 Å². The first-order chi connectivity index (χ1) is 8.79. The second-order valence-electron chi connectivity index (χ2n) is 4.08. The van der Waals surface area contributed by atoms with Crippen LogP contribution >= 0.6 is 0 Å². The maximum Gasteiger partial charge on any atom is 0.141 e. The molecule has 0 aliphatic carbocycles. The Balaban J connectivity index is 2.29. The molecule has 0 fully saturated rings. The summed E-state index contributed by atoms with van der Waals surface area (Å²) in [6.45, 7) is 1.95. The predicted octanol–water partition coefficient (Wildman–Crippen LogP) is 2.81. The average molecular weight is 234 g/mol. The molecule has 3 aromatic rings. The topological polar surface area (TPSA) is 65.4 Å². The summed E-state index contributed by atoms with van der Waals surface area (Å²) in [5.74, 6) is 0. The van der Waals surface area contributed by atoms with Gasteiger partial charge in [-0.2, -0.15) is 5.26 Å². The number of aromatic amines is 1. The van der Waals surface area contributed by atoms with Crippen molar-refractivity contribution in [1.82, 2.24) is 15.0 Å². The van der Waals surface area contributed by atoms with E-state index in [0.29, 0.717) is 5.56 Å². The van der Waals surface area contributed by atoms with E-state index < -0.39 is 0 Å². The Bertz CT molecular complexity index is 765. The maximum absolute atomic E-state index is 8.94. The summed E-state index contributed by atoms with van der Waals surface area (Å²) >= 11 is 0. The number of benzene rings is 1. The van der Waals surface area contributed by atoms with Gasteiger partial charge in [0, 0.05) is 17.1 Å². The molecule has 0 spiro atoms. The lowest BCUT2D eigenvalue weighted by Crippen LogP contribution is -1.86. The summed E-state index contributed by atoms with van der Waals surface area (Å²) in [6.07, 6.45) is 3.45. The smallest absolute Gasteiger partial charge is 0.141 e. The zero-order chi connectivity index (χ0) is 12.5. The predicted molar refractivity (Wildman–Crippen MR) is 68.8 cm³/mol. The molecule has 2 heterocycles. The van der Waals surface area contributed by atoms with Gasteiger partial charge in [-0.05, 0) is 24.6 Å². The highest BCUT2D eigenvalue weighted by Crippen LogP contribution is 2.29. The molecule has 0 aliphatic rings. The van der Waals surface area contributed by atoms with Gasteiger partial charge in [0.1, 0.15) is 12.0 Å². The van der Waals surface area contributed by atoms with Crippen molar-refractivity contribution in [2.45, 2.75) is 6.92 Å². The lowest BCUT2D eigenvalue weighted by Gasteiger charge is -2.01. The molecule has 0 radical (unpaired) electrons. The number of rotatable bonds is 1. The molecular weight excluding hydrogens is 224 g/mol. The normalized spacial score (nSPS) is 10.4. The number of aromatic nitrogens is 3. The second kappa shape index (κ2) is 3.97. The van der Waals surface area contributed by atoms with E-state index in [1.807, 2.05) is 31.3 Å². The monoisotopic (exact) mass is 234 g/mol. The van der Waals surface area contributed by atoms with Gasteiger partial charge in [0.25, 0.3) is 0 Å². The first kappa shape index (κ1) is 10.5. The number of fused-ring (bicyclic) bond motifs is 1. The molecule has 2 aromatic heterocycles. The van der Waals surface area contributed by atoms with Crippen molar-refractivity contribution in [2.75, 3.05) is 0 Å². The lowest BCUT2D eigenvalue weighted by atomic mass is 10.0. The van der Waals surface area contributed by atoms with Crippen molar-refractivity contribution in [3.05, 3.63) is 48.0 Å². The van der Waals surface area contributed by atoms with Crippen LogP contribution in [0.3, 0.4) is 0 Å². The molecule has 1 aromatic carbocycles. The Morgan fingerprint density at radius 1 is 1.28 bits per heavy atom. The van der Waals surface area contributed by atoms with Crippen LogP contribution in [0.15, 0.2) is 36.8 Å². The molecule has 4 heteroatoms. The van der Waals surface area contributed by atoms with Gasteiger partial charge < -0.3 is 4.98 Å². The van der Waals surface area contributed by atoms with E-state index in [1.165, 1.54) is 0 Å². The van der Waals surface area contributed by atoms with Gasteiger partial charge in [0.15, 0.2) is 0 Å². The fourth-order valence-corrected chi connectivity index (χ4v) is 2.10. The molecule has 0 saturated carbocycles. The van der Waals surface area contributed by atoms with Gasteiger partial charge in [0.2, 0.25) is 0 Å². The fraction of sp³-hybridized carbons (Fsp3) is 0.0714. The second-order valence-corrected chi connectivity index (χ2v) is 4.08. The van der Waals surface area contributed by atoms with Crippen molar-refractivity contribution in [3.8, 4) is 17.2 Å². The minimum atomic E-state index is 0.649. The average Bonchev–Trinajstić information content (AvgIpc) is 2.84. The number of nitrogens with one attached hydrogen (secondary N) is 1. The zero-order valence-corrected chi connectivity index (χ0v) is 9.81. The van der Waals surface area contributed by atoms with E-state index in [2.05, 4.69) is 21.0 Å². The number of H-pyrrole nitrogens is 1. The SMILES string of the molecule is Cc1ncnc2[nH]cc(-c3cccc(C#N)c3)c12. The molecule has 0 saturated heterocycles. The molecule has 18 heavy (non-hydrogen) atoms.